The highest BCUT2D eigenvalue weighted by Crippen LogP contribution is 2.23. The molecule has 17 heavy (non-hydrogen) atoms. The summed E-state index contributed by atoms with van der Waals surface area (Å²) in [6.45, 7) is 6.19. The Morgan fingerprint density at radius 3 is 2.88 bits per heavy atom. The number of aromatic nitrogens is 1. The Morgan fingerprint density at radius 2 is 2.29 bits per heavy atom. The van der Waals surface area contributed by atoms with Crippen molar-refractivity contribution in [1.82, 2.24) is 4.98 Å². The minimum absolute atomic E-state index is 0.368. The molecule has 1 aromatic rings. The van der Waals surface area contributed by atoms with Crippen molar-refractivity contribution in [2.75, 3.05) is 12.4 Å². The van der Waals surface area contributed by atoms with Gasteiger partial charge in [-0.1, -0.05) is 19.8 Å². The minimum atomic E-state index is -0.368. The van der Waals surface area contributed by atoms with E-state index in [1.54, 1.807) is 0 Å². The molecule has 0 aliphatic rings. The third-order valence-electron chi connectivity index (χ3n) is 2.54. The minimum Gasteiger partial charge on any atom is -0.464 e. The molecule has 0 aliphatic carbocycles. The molecule has 0 saturated carbocycles. The first kappa shape index (κ1) is 14.0. The van der Waals surface area contributed by atoms with Gasteiger partial charge in [-0.05, 0) is 20.3 Å². The van der Waals surface area contributed by atoms with E-state index >= 15 is 0 Å². The van der Waals surface area contributed by atoms with Crippen LogP contribution in [-0.4, -0.2) is 24.1 Å². The van der Waals surface area contributed by atoms with Gasteiger partial charge in [-0.2, -0.15) is 0 Å². The van der Waals surface area contributed by atoms with Crippen LogP contribution in [0.15, 0.2) is 0 Å². The largest absolute Gasteiger partial charge is 0.464 e. The Morgan fingerprint density at radius 1 is 1.59 bits per heavy atom. The molecule has 1 rings (SSSR count). The lowest BCUT2D eigenvalue weighted by Gasteiger charge is -2.11. The van der Waals surface area contributed by atoms with Gasteiger partial charge >= 0.3 is 5.97 Å². The first-order chi connectivity index (χ1) is 8.08. The van der Waals surface area contributed by atoms with Crippen LogP contribution in [0.4, 0.5) is 5.13 Å². The highest BCUT2D eigenvalue weighted by molar-refractivity contribution is 7.15. The number of methoxy groups -OCH3 is 1. The number of esters is 1. The lowest BCUT2D eigenvalue weighted by atomic mass is 10.1. The molecule has 0 saturated heterocycles. The predicted octanol–water partition coefficient (Wildman–Crippen LogP) is 3.23. The SMILES string of the molecule is CCCCC(C)Nc1nc(C(=O)OC)c(C)s1. The number of anilines is 1. The van der Waals surface area contributed by atoms with Crippen LogP contribution in [-0.2, 0) is 4.74 Å². The summed E-state index contributed by atoms with van der Waals surface area (Å²) in [6, 6.07) is 0.381. The Bertz CT molecular complexity index is 377. The number of rotatable bonds is 6. The van der Waals surface area contributed by atoms with Crippen molar-refractivity contribution in [1.29, 1.82) is 0 Å². The first-order valence-corrected chi connectivity index (χ1v) is 6.72. The van der Waals surface area contributed by atoms with E-state index in [1.165, 1.54) is 31.3 Å². The summed E-state index contributed by atoms with van der Waals surface area (Å²) in [5, 5.41) is 4.11. The molecule has 1 aromatic heterocycles. The van der Waals surface area contributed by atoms with Crippen LogP contribution < -0.4 is 5.32 Å². The molecule has 0 aliphatic heterocycles. The van der Waals surface area contributed by atoms with E-state index in [9.17, 15) is 4.79 Å². The van der Waals surface area contributed by atoms with Gasteiger partial charge in [0.25, 0.3) is 0 Å². The molecular weight excluding hydrogens is 236 g/mol. The lowest BCUT2D eigenvalue weighted by Crippen LogP contribution is -2.14. The number of nitrogens with zero attached hydrogens (tertiary/aromatic N) is 1. The molecule has 1 N–H and O–H groups in total. The van der Waals surface area contributed by atoms with E-state index < -0.39 is 0 Å². The molecule has 0 radical (unpaired) electrons. The smallest absolute Gasteiger partial charge is 0.357 e. The van der Waals surface area contributed by atoms with Gasteiger partial charge in [-0.15, -0.1) is 11.3 Å². The van der Waals surface area contributed by atoms with Gasteiger partial charge in [-0.3, -0.25) is 0 Å². The summed E-state index contributed by atoms with van der Waals surface area (Å²) >= 11 is 1.50. The maximum Gasteiger partial charge on any atom is 0.357 e. The van der Waals surface area contributed by atoms with E-state index in [4.69, 9.17) is 0 Å². The fraction of sp³-hybridized carbons (Fsp3) is 0.667. The lowest BCUT2D eigenvalue weighted by molar-refractivity contribution is 0.0594. The predicted molar refractivity (Wildman–Crippen MR) is 70.8 cm³/mol. The first-order valence-electron chi connectivity index (χ1n) is 5.90. The maximum atomic E-state index is 11.4. The van der Waals surface area contributed by atoms with Crippen LogP contribution >= 0.6 is 11.3 Å². The summed E-state index contributed by atoms with van der Waals surface area (Å²) in [5.41, 5.74) is 0.419. The molecule has 1 unspecified atom stereocenters. The van der Waals surface area contributed by atoms with Gasteiger partial charge in [0, 0.05) is 10.9 Å². The van der Waals surface area contributed by atoms with Gasteiger partial charge < -0.3 is 10.1 Å². The van der Waals surface area contributed by atoms with E-state index in [1.807, 2.05) is 6.92 Å². The fourth-order valence-corrected chi connectivity index (χ4v) is 2.45. The quantitative estimate of drug-likeness (QED) is 0.794. The highest BCUT2D eigenvalue weighted by Gasteiger charge is 2.16. The second kappa shape index (κ2) is 6.59. The zero-order valence-corrected chi connectivity index (χ0v) is 11.7. The summed E-state index contributed by atoms with van der Waals surface area (Å²) < 4.78 is 4.68. The van der Waals surface area contributed by atoms with Gasteiger partial charge in [-0.25, -0.2) is 9.78 Å². The van der Waals surface area contributed by atoms with E-state index in [0.29, 0.717) is 11.7 Å². The van der Waals surface area contributed by atoms with Crippen LogP contribution in [0.3, 0.4) is 0 Å². The summed E-state index contributed by atoms with van der Waals surface area (Å²) in [7, 11) is 1.37. The highest BCUT2D eigenvalue weighted by atomic mass is 32.1. The average Bonchev–Trinajstić information content (AvgIpc) is 2.66. The molecule has 5 heteroatoms. The molecule has 0 aromatic carbocycles. The number of hydrogen-bond acceptors (Lipinski definition) is 5. The molecule has 96 valence electrons. The fourth-order valence-electron chi connectivity index (χ4n) is 1.54. The van der Waals surface area contributed by atoms with Crippen molar-refractivity contribution in [3.8, 4) is 0 Å². The number of unbranched alkanes of at least 4 members (excludes halogenated alkanes) is 1. The van der Waals surface area contributed by atoms with Crippen LogP contribution in [0, 0.1) is 6.92 Å². The van der Waals surface area contributed by atoms with Crippen molar-refractivity contribution in [3.05, 3.63) is 10.6 Å². The molecule has 0 amide bonds. The molecule has 1 heterocycles. The Balaban J connectivity index is 2.63. The number of aryl methyl sites for hydroxylation is 1. The Labute approximate surface area is 106 Å². The van der Waals surface area contributed by atoms with Gasteiger partial charge in [0.05, 0.1) is 7.11 Å². The number of hydrogen-bond donors (Lipinski definition) is 1. The number of thiazole rings is 1. The maximum absolute atomic E-state index is 11.4. The normalized spacial score (nSPS) is 12.2. The van der Waals surface area contributed by atoms with Crippen LogP contribution in [0.25, 0.3) is 0 Å². The third kappa shape index (κ3) is 4.00. The van der Waals surface area contributed by atoms with Crippen molar-refractivity contribution in [2.24, 2.45) is 0 Å². The number of carbonyl (C=O) groups is 1. The topological polar surface area (TPSA) is 51.2 Å². The number of nitrogens with one attached hydrogen (secondary N) is 1. The van der Waals surface area contributed by atoms with E-state index in [0.717, 1.165) is 16.4 Å². The van der Waals surface area contributed by atoms with Gasteiger partial charge in [0.2, 0.25) is 0 Å². The molecule has 0 bridgehead atoms. The van der Waals surface area contributed by atoms with E-state index in [2.05, 4.69) is 28.9 Å². The molecule has 0 spiro atoms. The van der Waals surface area contributed by atoms with Crippen LogP contribution in [0.5, 0.6) is 0 Å². The van der Waals surface area contributed by atoms with Crippen LogP contribution in [0.2, 0.25) is 0 Å². The number of ether oxygens (including phenoxy) is 1. The van der Waals surface area contributed by atoms with Gasteiger partial charge in [0.15, 0.2) is 10.8 Å². The van der Waals surface area contributed by atoms with Gasteiger partial charge in [0.1, 0.15) is 0 Å². The third-order valence-corrected chi connectivity index (χ3v) is 3.44. The molecule has 1 atom stereocenters. The molecule has 0 fully saturated rings. The zero-order valence-electron chi connectivity index (χ0n) is 10.9. The monoisotopic (exact) mass is 256 g/mol. The second-order valence-electron chi connectivity index (χ2n) is 4.10. The van der Waals surface area contributed by atoms with Crippen molar-refractivity contribution >= 4 is 22.4 Å². The molecule has 4 nitrogen and oxygen atoms in total. The Hall–Kier alpha value is -1.10. The van der Waals surface area contributed by atoms with Crippen molar-refractivity contribution in [3.63, 3.8) is 0 Å². The van der Waals surface area contributed by atoms with Crippen LogP contribution in [0.1, 0.15) is 48.5 Å². The summed E-state index contributed by atoms with van der Waals surface area (Å²) in [6.07, 6.45) is 3.50. The second-order valence-corrected chi connectivity index (χ2v) is 5.31. The number of carbonyl (C=O) groups excluding carboxylic acids is 1. The van der Waals surface area contributed by atoms with Crippen molar-refractivity contribution < 1.29 is 9.53 Å². The zero-order chi connectivity index (χ0) is 12.8. The van der Waals surface area contributed by atoms with Crippen molar-refractivity contribution in [2.45, 2.75) is 46.1 Å². The molecular formula is C12H20N2O2S. The van der Waals surface area contributed by atoms with E-state index in [-0.39, 0.29) is 5.97 Å². The summed E-state index contributed by atoms with van der Waals surface area (Å²) in [5.74, 6) is -0.368. The summed E-state index contributed by atoms with van der Waals surface area (Å²) in [4.78, 5) is 16.6. The standard InChI is InChI=1S/C12H20N2O2S/c1-5-6-7-8(2)13-12-14-10(9(3)17-12)11(15)16-4/h8H,5-7H2,1-4H3,(H,13,14). The average molecular weight is 256 g/mol. The Kier molecular flexibility index (Phi) is 5.41.